The third kappa shape index (κ3) is 3.02. The van der Waals surface area contributed by atoms with Crippen LogP contribution < -0.4 is 4.90 Å². The second kappa shape index (κ2) is 4.60. The summed E-state index contributed by atoms with van der Waals surface area (Å²) in [6.07, 6.45) is 0.582. The minimum Gasteiger partial charge on any atom is -0.481 e. The van der Waals surface area contributed by atoms with Crippen LogP contribution in [0.5, 0.6) is 0 Å². The Kier molecular flexibility index (Phi) is 3.62. The molecule has 1 heterocycles. The molecule has 1 N–H and O–H groups in total. The molecular formula is C12H19NO3. The van der Waals surface area contributed by atoms with Gasteiger partial charge in [-0.3, -0.25) is 4.79 Å². The van der Waals surface area contributed by atoms with Crippen molar-refractivity contribution >= 4 is 11.9 Å². The Morgan fingerprint density at radius 3 is 2.56 bits per heavy atom. The number of aryl methyl sites for hydroxylation is 1. The van der Waals surface area contributed by atoms with Crippen molar-refractivity contribution < 1.29 is 14.3 Å². The molecule has 0 aliphatic carbocycles. The van der Waals surface area contributed by atoms with Gasteiger partial charge in [-0.25, -0.2) is 0 Å². The molecule has 0 fully saturated rings. The van der Waals surface area contributed by atoms with Crippen LogP contribution in [0.15, 0.2) is 16.5 Å². The van der Waals surface area contributed by atoms with Crippen molar-refractivity contribution in [1.29, 1.82) is 0 Å². The molecule has 1 rings (SSSR count). The molecule has 0 aliphatic heterocycles. The zero-order valence-electron chi connectivity index (χ0n) is 10.3. The lowest BCUT2D eigenvalue weighted by Gasteiger charge is -2.23. The molecule has 0 radical (unpaired) electrons. The van der Waals surface area contributed by atoms with E-state index in [1.54, 1.807) is 13.8 Å². The molecule has 0 spiro atoms. The average Bonchev–Trinajstić information content (AvgIpc) is 2.61. The van der Waals surface area contributed by atoms with Crippen LogP contribution in [0.25, 0.3) is 0 Å². The van der Waals surface area contributed by atoms with E-state index >= 15 is 0 Å². The smallest absolute Gasteiger partial charge is 0.309 e. The molecule has 16 heavy (non-hydrogen) atoms. The van der Waals surface area contributed by atoms with E-state index in [1.807, 2.05) is 31.0 Å². The van der Waals surface area contributed by atoms with E-state index in [4.69, 9.17) is 9.52 Å². The van der Waals surface area contributed by atoms with Crippen molar-refractivity contribution in [3.05, 3.63) is 17.9 Å². The van der Waals surface area contributed by atoms with Crippen molar-refractivity contribution in [2.75, 3.05) is 18.5 Å². The maximum absolute atomic E-state index is 10.9. The van der Waals surface area contributed by atoms with Gasteiger partial charge in [0.2, 0.25) is 0 Å². The fourth-order valence-corrected chi connectivity index (χ4v) is 1.29. The van der Waals surface area contributed by atoms with E-state index in [9.17, 15) is 4.79 Å². The summed E-state index contributed by atoms with van der Waals surface area (Å²) in [6.45, 7) is 6.01. The van der Waals surface area contributed by atoms with Gasteiger partial charge in [-0.2, -0.15) is 0 Å². The van der Waals surface area contributed by atoms with Crippen LogP contribution in [0.2, 0.25) is 0 Å². The average molecular weight is 225 g/mol. The van der Waals surface area contributed by atoms with Crippen LogP contribution in [-0.4, -0.2) is 24.7 Å². The van der Waals surface area contributed by atoms with Gasteiger partial charge in [0, 0.05) is 19.7 Å². The molecule has 90 valence electrons. The van der Waals surface area contributed by atoms with Crippen LogP contribution in [0.1, 0.15) is 26.0 Å². The van der Waals surface area contributed by atoms with Crippen LogP contribution in [-0.2, 0) is 4.79 Å². The number of carboxylic acid groups (broad SMARTS) is 1. The molecule has 4 heteroatoms. The monoisotopic (exact) mass is 225 g/mol. The zero-order chi connectivity index (χ0) is 12.3. The number of nitrogens with zero attached hydrogens (tertiary/aromatic N) is 1. The van der Waals surface area contributed by atoms with Gasteiger partial charge in [0.1, 0.15) is 5.76 Å². The highest BCUT2D eigenvalue weighted by Crippen LogP contribution is 2.23. The Morgan fingerprint density at radius 1 is 1.50 bits per heavy atom. The highest BCUT2D eigenvalue weighted by Gasteiger charge is 2.27. The molecule has 0 aliphatic rings. The Bertz CT molecular complexity index is 368. The highest BCUT2D eigenvalue weighted by molar-refractivity contribution is 5.73. The Balaban J connectivity index is 2.53. The number of furan rings is 1. The van der Waals surface area contributed by atoms with E-state index in [1.165, 1.54) is 0 Å². The first-order valence-corrected chi connectivity index (χ1v) is 5.34. The second-order valence-corrected chi connectivity index (χ2v) is 4.74. The summed E-state index contributed by atoms with van der Waals surface area (Å²) in [5.74, 6) is 0.870. The van der Waals surface area contributed by atoms with Crippen molar-refractivity contribution in [2.45, 2.75) is 27.2 Å². The maximum atomic E-state index is 10.9. The Morgan fingerprint density at radius 2 is 2.12 bits per heavy atom. The lowest BCUT2D eigenvalue weighted by Crippen LogP contribution is -2.29. The Labute approximate surface area is 95.9 Å². The van der Waals surface area contributed by atoms with Gasteiger partial charge in [0.25, 0.3) is 0 Å². The molecule has 0 atom stereocenters. The maximum Gasteiger partial charge on any atom is 0.309 e. The predicted octanol–water partition coefficient (Wildman–Crippen LogP) is 2.53. The molecule has 0 aromatic carbocycles. The summed E-state index contributed by atoms with van der Waals surface area (Å²) in [5.41, 5.74) is -0.699. The number of carbonyl (C=O) groups is 1. The summed E-state index contributed by atoms with van der Waals surface area (Å²) in [6, 6.07) is 3.79. The normalized spacial score (nSPS) is 11.5. The van der Waals surface area contributed by atoms with Crippen molar-refractivity contribution in [3.8, 4) is 0 Å². The SMILES string of the molecule is Cc1ccc(N(C)CCC(C)(C)C(=O)O)o1. The van der Waals surface area contributed by atoms with E-state index in [0.717, 1.165) is 11.6 Å². The summed E-state index contributed by atoms with van der Waals surface area (Å²) >= 11 is 0. The van der Waals surface area contributed by atoms with Crippen molar-refractivity contribution in [2.24, 2.45) is 5.41 Å². The van der Waals surface area contributed by atoms with Crippen LogP contribution in [0.4, 0.5) is 5.88 Å². The van der Waals surface area contributed by atoms with Crippen molar-refractivity contribution in [3.63, 3.8) is 0 Å². The Hall–Kier alpha value is -1.45. The third-order valence-electron chi connectivity index (χ3n) is 2.75. The van der Waals surface area contributed by atoms with E-state index in [0.29, 0.717) is 13.0 Å². The van der Waals surface area contributed by atoms with Gasteiger partial charge >= 0.3 is 5.97 Å². The van der Waals surface area contributed by atoms with E-state index in [2.05, 4.69) is 0 Å². The standard InChI is InChI=1S/C12H19NO3/c1-9-5-6-10(16-9)13(4)8-7-12(2,3)11(14)15/h5-6H,7-8H2,1-4H3,(H,14,15). The topological polar surface area (TPSA) is 53.7 Å². The molecule has 0 unspecified atom stereocenters. The third-order valence-corrected chi connectivity index (χ3v) is 2.75. The van der Waals surface area contributed by atoms with E-state index in [-0.39, 0.29) is 0 Å². The minimum absolute atomic E-state index is 0.582. The van der Waals surface area contributed by atoms with Gasteiger partial charge in [0.05, 0.1) is 5.41 Å². The van der Waals surface area contributed by atoms with Gasteiger partial charge in [0.15, 0.2) is 5.88 Å². The van der Waals surface area contributed by atoms with Gasteiger partial charge in [-0.05, 0) is 33.3 Å². The molecule has 1 aromatic rings. The number of carboxylic acids is 1. The summed E-state index contributed by atoms with van der Waals surface area (Å²) in [5, 5.41) is 8.99. The van der Waals surface area contributed by atoms with E-state index < -0.39 is 11.4 Å². The zero-order valence-corrected chi connectivity index (χ0v) is 10.3. The number of hydrogen-bond acceptors (Lipinski definition) is 3. The van der Waals surface area contributed by atoms with Gasteiger partial charge in [-0.15, -0.1) is 0 Å². The van der Waals surface area contributed by atoms with Crippen LogP contribution >= 0.6 is 0 Å². The molecule has 0 amide bonds. The highest BCUT2D eigenvalue weighted by atomic mass is 16.4. The molecule has 1 aromatic heterocycles. The first-order valence-electron chi connectivity index (χ1n) is 5.34. The first kappa shape index (κ1) is 12.6. The molecule has 0 bridgehead atoms. The summed E-state index contributed by atoms with van der Waals surface area (Å²) < 4.78 is 5.45. The summed E-state index contributed by atoms with van der Waals surface area (Å²) in [4.78, 5) is 12.9. The van der Waals surface area contributed by atoms with Crippen molar-refractivity contribution in [1.82, 2.24) is 0 Å². The summed E-state index contributed by atoms with van der Waals surface area (Å²) in [7, 11) is 1.90. The number of hydrogen-bond donors (Lipinski definition) is 1. The van der Waals surface area contributed by atoms with Gasteiger partial charge in [-0.1, -0.05) is 0 Å². The lowest BCUT2D eigenvalue weighted by atomic mass is 9.89. The molecule has 4 nitrogen and oxygen atoms in total. The molecule has 0 saturated carbocycles. The minimum atomic E-state index is -0.767. The van der Waals surface area contributed by atoms with Crippen LogP contribution in [0.3, 0.4) is 0 Å². The first-order chi connectivity index (χ1) is 7.33. The molecule has 0 saturated heterocycles. The quantitative estimate of drug-likeness (QED) is 0.836. The molecular weight excluding hydrogens is 206 g/mol. The number of aliphatic carboxylic acids is 1. The fourth-order valence-electron chi connectivity index (χ4n) is 1.29. The number of anilines is 1. The van der Waals surface area contributed by atoms with Gasteiger partial charge < -0.3 is 14.4 Å². The fraction of sp³-hybridized carbons (Fsp3) is 0.583. The lowest BCUT2D eigenvalue weighted by molar-refractivity contribution is -0.147. The predicted molar refractivity (Wildman–Crippen MR) is 62.7 cm³/mol. The largest absolute Gasteiger partial charge is 0.481 e. The van der Waals surface area contributed by atoms with Crippen LogP contribution in [0, 0.1) is 12.3 Å². The number of rotatable bonds is 5. The second-order valence-electron chi connectivity index (χ2n) is 4.74.